The summed E-state index contributed by atoms with van der Waals surface area (Å²) in [5.74, 6) is -3.16. The van der Waals surface area contributed by atoms with Gasteiger partial charge in [0.1, 0.15) is 16.9 Å². The SMILES string of the molecule is CC(C)n1ncc2c(N3CC[C@@H](CN)C3)c(NC(=O)c3ccc(=O)n(-c4c(F)cccc4F)n3)cc(F)c21. The van der Waals surface area contributed by atoms with Crippen LogP contribution in [0.5, 0.6) is 0 Å². The molecule has 1 aliphatic heterocycles. The van der Waals surface area contributed by atoms with Crippen molar-refractivity contribution in [1.29, 1.82) is 0 Å². The number of hydrogen-bond acceptors (Lipinski definition) is 6. The summed E-state index contributed by atoms with van der Waals surface area (Å²) in [5.41, 5.74) is 5.14. The highest BCUT2D eigenvalue weighted by molar-refractivity contribution is 6.09. The Kier molecular flexibility index (Phi) is 6.66. The lowest BCUT2D eigenvalue weighted by molar-refractivity contribution is 0.102. The Balaban J connectivity index is 1.58. The summed E-state index contributed by atoms with van der Waals surface area (Å²) < 4.78 is 46.1. The monoisotopic (exact) mass is 525 g/mol. The molecule has 9 nitrogen and oxygen atoms in total. The number of amides is 1. The van der Waals surface area contributed by atoms with Gasteiger partial charge in [-0.3, -0.25) is 14.3 Å². The maximum absolute atomic E-state index is 15.4. The molecule has 0 bridgehead atoms. The maximum Gasteiger partial charge on any atom is 0.276 e. The molecule has 0 aliphatic carbocycles. The highest BCUT2D eigenvalue weighted by Crippen LogP contribution is 2.39. The van der Waals surface area contributed by atoms with Crippen LogP contribution in [0.3, 0.4) is 0 Å². The molecule has 1 atom stereocenters. The second-order valence-corrected chi connectivity index (χ2v) is 9.53. The lowest BCUT2D eigenvalue weighted by Gasteiger charge is -2.24. The van der Waals surface area contributed by atoms with Gasteiger partial charge in [-0.05, 0) is 50.9 Å². The Labute approximate surface area is 215 Å². The van der Waals surface area contributed by atoms with E-state index in [4.69, 9.17) is 5.73 Å². The van der Waals surface area contributed by atoms with E-state index in [2.05, 4.69) is 15.5 Å². The van der Waals surface area contributed by atoms with Crippen LogP contribution in [-0.2, 0) is 0 Å². The first-order valence-corrected chi connectivity index (χ1v) is 12.2. The normalized spacial score (nSPS) is 15.6. The Morgan fingerprint density at radius 1 is 1.13 bits per heavy atom. The van der Waals surface area contributed by atoms with E-state index >= 15 is 4.39 Å². The summed E-state index contributed by atoms with van der Waals surface area (Å²) in [6.45, 7) is 5.53. The van der Waals surface area contributed by atoms with Crippen molar-refractivity contribution < 1.29 is 18.0 Å². The van der Waals surface area contributed by atoms with E-state index in [1.165, 1.54) is 6.07 Å². The van der Waals surface area contributed by atoms with Gasteiger partial charge < -0.3 is 16.0 Å². The summed E-state index contributed by atoms with van der Waals surface area (Å²) in [6.07, 6.45) is 2.40. The van der Waals surface area contributed by atoms with Gasteiger partial charge in [0.25, 0.3) is 11.5 Å². The van der Waals surface area contributed by atoms with Crippen molar-refractivity contribution in [3.8, 4) is 5.69 Å². The van der Waals surface area contributed by atoms with Crippen molar-refractivity contribution in [2.24, 2.45) is 11.7 Å². The smallest absolute Gasteiger partial charge is 0.276 e. The molecule has 5 rings (SSSR count). The first kappa shape index (κ1) is 25.5. The molecule has 38 heavy (non-hydrogen) atoms. The molecule has 0 unspecified atom stereocenters. The minimum absolute atomic E-state index is 0.102. The third kappa shape index (κ3) is 4.40. The first-order chi connectivity index (χ1) is 18.2. The molecular weight excluding hydrogens is 499 g/mol. The number of carbonyl (C=O) groups is 1. The van der Waals surface area contributed by atoms with Crippen LogP contribution in [0.1, 0.15) is 36.8 Å². The number of para-hydroxylation sites is 1. The molecule has 3 heterocycles. The lowest BCUT2D eigenvalue weighted by Crippen LogP contribution is -2.27. The highest BCUT2D eigenvalue weighted by atomic mass is 19.1. The van der Waals surface area contributed by atoms with Gasteiger partial charge in [-0.2, -0.15) is 14.9 Å². The maximum atomic E-state index is 15.4. The molecule has 2 aromatic carbocycles. The number of hydrogen-bond donors (Lipinski definition) is 2. The van der Waals surface area contributed by atoms with E-state index in [1.807, 2.05) is 18.7 Å². The summed E-state index contributed by atoms with van der Waals surface area (Å²) >= 11 is 0. The van der Waals surface area contributed by atoms with E-state index in [1.54, 1.807) is 10.9 Å². The van der Waals surface area contributed by atoms with Crippen LogP contribution in [-0.4, -0.2) is 45.1 Å². The molecule has 12 heteroatoms. The number of fused-ring (bicyclic) bond motifs is 1. The number of benzene rings is 2. The molecule has 1 amide bonds. The van der Waals surface area contributed by atoms with Crippen molar-refractivity contribution in [3.05, 3.63) is 76.1 Å². The molecule has 2 aromatic heterocycles. The zero-order chi connectivity index (χ0) is 27.1. The van der Waals surface area contributed by atoms with Crippen molar-refractivity contribution in [1.82, 2.24) is 19.6 Å². The summed E-state index contributed by atoms with van der Waals surface area (Å²) in [5, 5.41) is 11.5. The molecule has 0 spiro atoms. The van der Waals surface area contributed by atoms with Crippen LogP contribution in [0, 0.1) is 23.4 Å². The molecule has 1 saturated heterocycles. The van der Waals surface area contributed by atoms with E-state index in [-0.39, 0.29) is 23.3 Å². The number of anilines is 2. The minimum atomic E-state index is -1.02. The Hall–Kier alpha value is -4.19. The molecule has 0 radical (unpaired) electrons. The zero-order valence-corrected chi connectivity index (χ0v) is 20.8. The average molecular weight is 526 g/mol. The largest absolute Gasteiger partial charge is 0.369 e. The molecule has 1 fully saturated rings. The van der Waals surface area contributed by atoms with Gasteiger partial charge in [0.15, 0.2) is 17.5 Å². The fourth-order valence-corrected chi connectivity index (χ4v) is 4.81. The van der Waals surface area contributed by atoms with Crippen molar-refractivity contribution in [3.63, 3.8) is 0 Å². The Morgan fingerprint density at radius 3 is 2.53 bits per heavy atom. The second-order valence-electron chi connectivity index (χ2n) is 9.53. The number of halogens is 3. The third-order valence-corrected chi connectivity index (χ3v) is 6.66. The van der Waals surface area contributed by atoms with Gasteiger partial charge in [0.05, 0.1) is 17.6 Å². The van der Waals surface area contributed by atoms with Crippen molar-refractivity contribution in [2.45, 2.75) is 26.3 Å². The highest BCUT2D eigenvalue weighted by Gasteiger charge is 2.29. The number of nitrogens with one attached hydrogen (secondary N) is 1. The number of nitrogens with zero attached hydrogens (tertiary/aromatic N) is 5. The zero-order valence-electron chi connectivity index (χ0n) is 20.8. The fraction of sp³-hybridized carbons (Fsp3) is 0.308. The lowest BCUT2D eigenvalue weighted by atomic mass is 10.1. The van der Waals surface area contributed by atoms with E-state index in [0.717, 1.165) is 36.8 Å². The van der Waals surface area contributed by atoms with E-state index in [9.17, 15) is 18.4 Å². The molecule has 3 N–H and O–H groups in total. The summed E-state index contributed by atoms with van der Waals surface area (Å²) in [6, 6.07) is 6.34. The second kappa shape index (κ2) is 9.93. The quantitative estimate of drug-likeness (QED) is 0.398. The molecule has 198 valence electrons. The number of carbonyl (C=O) groups excluding carboxylic acids is 1. The fourth-order valence-electron chi connectivity index (χ4n) is 4.81. The standard InChI is InChI=1S/C26H26F3N7O2/c1-14(2)35-23-16(12-31-35)24(34-9-8-15(11-30)13-34)21(10-19(23)29)32-26(38)20-6-7-22(37)36(33-20)25-17(27)4-3-5-18(25)28/h3-7,10,12,14-15H,8-9,11,13,30H2,1-2H3,(H,32,38)/t15-/m0/s1. The Morgan fingerprint density at radius 2 is 1.87 bits per heavy atom. The molecular formula is C26H26F3N7O2. The van der Waals surface area contributed by atoms with Crippen LogP contribution < -0.4 is 21.5 Å². The van der Waals surface area contributed by atoms with Crippen LogP contribution in [0.15, 0.2) is 47.4 Å². The van der Waals surface area contributed by atoms with Crippen LogP contribution in [0.2, 0.25) is 0 Å². The third-order valence-electron chi connectivity index (χ3n) is 6.66. The summed E-state index contributed by atoms with van der Waals surface area (Å²) in [4.78, 5) is 27.7. The van der Waals surface area contributed by atoms with Gasteiger partial charge in [-0.1, -0.05) is 6.07 Å². The Bertz CT molecular complexity index is 1580. The first-order valence-electron chi connectivity index (χ1n) is 12.2. The van der Waals surface area contributed by atoms with Gasteiger partial charge in [0, 0.05) is 36.7 Å². The topological polar surface area (TPSA) is 111 Å². The van der Waals surface area contributed by atoms with Crippen LogP contribution in [0.4, 0.5) is 24.5 Å². The number of rotatable bonds is 6. The van der Waals surface area contributed by atoms with Crippen molar-refractivity contribution in [2.75, 3.05) is 29.9 Å². The van der Waals surface area contributed by atoms with Crippen LogP contribution in [0.25, 0.3) is 16.6 Å². The number of nitrogens with two attached hydrogens (primary N) is 1. The van der Waals surface area contributed by atoms with Gasteiger partial charge in [0.2, 0.25) is 0 Å². The van der Waals surface area contributed by atoms with Crippen LogP contribution >= 0.6 is 0 Å². The molecule has 4 aromatic rings. The number of aromatic nitrogens is 4. The minimum Gasteiger partial charge on any atom is -0.369 e. The summed E-state index contributed by atoms with van der Waals surface area (Å²) in [7, 11) is 0. The van der Waals surface area contributed by atoms with E-state index in [0.29, 0.717) is 40.9 Å². The predicted molar refractivity (Wildman–Crippen MR) is 137 cm³/mol. The van der Waals surface area contributed by atoms with Gasteiger partial charge in [-0.15, -0.1) is 0 Å². The molecule has 1 aliphatic rings. The van der Waals surface area contributed by atoms with Gasteiger partial charge >= 0.3 is 0 Å². The molecule has 0 saturated carbocycles. The predicted octanol–water partition coefficient (Wildman–Crippen LogP) is 3.62. The van der Waals surface area contributed by atoms with E-state index < -0.39 is 34.6 Å². The van der Waals surface area contributed by atoms with Gasteiger partial charge in [-0.25, -0.2) is 13.2 Å². The van der Waals surface area contributed by atoms with Crippen molar-refractivity contribution >= 4 is 28.2 Å². The average Bonchev–Trinajstić information content (AvgIpc) is 3.53.